The number of hydrogen-bond donors (Lipinski definition) is 0. The summed E-state index contributed by atoms with van der Waals surface area (Å²) >= 11 is 0. The maximum Gasteiger partial charge on any atom is 0 e. The molecule has 4 heteroatoms. The minimum atomic E-state index is 0. The Hall–Kier alpha value is 3.02. The molecule has 0 aromatic carbocycles. The molecule has 0 bridgehead atoms. The van der Waals surface area contributed by atoms with E-state index >= 15 is 0 Å². The van der Waals surface area contributed by atoms with Gasteiger partial charge in [-0.15, -0.1) is 18.5 Å². The van der Waals surface area contributed by atoms with Gasteiger partial charge in [-0.2, -0.15) is 0 Å². The molecule has 1 radical (unpaired) electrons. The van der Waals surface area contributed by atoms with E-state index in [-0.39, 0.29) is 63.8 Å². The van der Waals surface area contributed by atoms with E-state index in [1.165, 1.54) is 0 Å². The molecule has 0 spiro atoms. The predicted molar refractivity (Wildman–Crippen MR) is 24.3 cm³/mol. The van der Waals surface area contributed by atoms with E-state index in [4.69, 9.17) is 0 Å². The third-order valence-electron chi connectivity index (χ3n) is 0. The molecule has 0 aromatic heterocycles. The molecule has 0 nitrogen and oxygen atoms in total. The van der Waals surface area contributed by atoms with Gasteiger partial charge >= 0.3 is 0 Å². The molecule has 0 rings (SSSR count). The summed E-state index contributed by atoms with van der Waals surface area (Å²) in [6.45, 7) is 0. The Balaban J connectivity index is -0.0000000200. The summed E-state index contributed by atoms with van der Waals surface area (Å²) in [5.41, 5.74) is 0. The second-order valence-corrected chi connectivity index (χ2v) is 2.12. The van der Waals surface area contributed by atoms with Gasteiger partial charge in [0.2, 0.25) is 0 Å². The van der Waals surface area contributed by atoms with Gasteiger partial charge in [0.15, 0.2) is 0 Å². The van der Waals surface area contributed by atoms with Crippen LogP contribution in [0.5, 0.6) is 0 Å². The predicted octanol–water partition coefficient (Wildman–Crippen LogP) is 0.692. The third kappa shape index (κ3) is 19.4. The van der Waals surface area contributed by atoms with Gasteiger partial charge in [-0.25, -0.2) is 0 Å². The van der Waals surface area contributed by atoms with E-state index < -0.39 is 0 Å². The van der Waals surface area contributed by atoms with E-state index in [1.807, 2.05) is 0 Å². The first-order valence-corrected chi connectivity index (χ1v) is 2.45. The second-order valence-electron chi connectivity index (χ2n) is 0.236. The fourth-order valence-corrected chi connectivity index (χ4v) is 0. The van der Waals surface area contributed by atoms with E-state index in [1.54, 1.807) is 0 Å². The number of rotatable bonds is 0. The molecule has 2 unspecified atom stereocenters. The van der Waals surface area contributed by atoms with Crippen molar-refractivity contribution in [2.75, 3.05) is 5.90 Å². The van der Waals surface area contributed by atoms with Gasteiger partial charge in [0.05, 0.1) is 0 Å². The average molecular weight is 407 g/mol. The standard InChI is InChI=1S/CH6P2.U.Y/c2-1-3;;/h1-3H2;;. The Morgan fingerprint density at radius 1 is 1.20 bits per heavy atom. The fraction of sp³-hybridized carbons (Fsp3) is 1.00. The van der Waals surface area contributed by atoms with Gasteiger partial charge in [0.25, 0.3) is 0 Å². The zero-order chi connectivity index (χ0) is 2.71. The van der Waals surface area contributed by atoms with Crippen LogP contribution in [0.25, 0.3) is 0 Å². The Kier molecular flexibility index (Phi) is 49.4. The van der Waals surface area contributed by atoms with Crippen molar-refractivity contribution in [3.8, 4) is 0 Å². The average Bonchev–Trinajstić information content (AvgIpc) is 0.918. The van der Waals surface area contributed by atoms with Crippen molar-refractivity contribution in [2.45, 2.75) is 0 Å². The summed E-state index contributed by atoms with van der Waals surface area (Å²) in [5.74, 6) is 1.08. The summed E-state index contributed by atoms with van der Waals surface area (Å²) in [6.07, 6.45) is 0. The summed E-state index contributed by atoms with van der Waals surface area (Å²) in [6, 6.07) is 0. The molecule has 0 N–H and O–H groups in total. The van der Waals surface area contributed by atoms with Gasteiger partial charge < -0.3 is 0 Å². The minimum Gasteiger partial charge on any atom is -0.134 e. The molecule has 5 heavy (non-hydrogen) atoms. The Labute approximate surface area is 86.7 Å². The van der Waals surface area contributed by atoms with Crippen molar-refractivity contribution in [3.05, 3.63) is 0 Å². The van der Waals surface area contributed by atoms with Gasteiger partial charge in [-0.3, -0.25) is 0 Å². The molecule has 0 amide bonds. The van der Waals surface area contributed by atoms with Crippen molar-refractivity contribution in [3.63, 3.8) is 0 Å². The van der Waals surface area contributed by atoms with Gasteiger partial charge in [0.1, 0.15) is 0 Å². The van der Waals surface area contributed by atoms with E-state index in [9.17, 15) is 0 Å². The van der Waals surface area contributed by atoms with Crippen LogP contribution in [0.1, 0.15) is 0 Å². The summed E-state index contributed by atoms with van der Waals surface area (Å²) in [5, 5.41) is 0. The molecule has 0 aliphatic carbocycles. The minimum absolute atomic E-state index is 0. The maximum absolute atomic E-state index is 2.54. The molecule has 0 heterocycles. The Morgan fingerprint density at radius 2 is 1.20 bits per heavy atom. The van der Waals surface area contributed by atoms with Crippen LogP contribution >= 0.6 is 18.5 Å². The van der Waals surface area contributed by atoms with Crippen molar-refractivity contribution in [1.82, 2.24) is 0 Å². The normalized spacial score (nSPS) is 3.60. The molecule has 0 saturated heterocycles. The SMILES string of the molecule is PCP.[U].[Y]. The maximum atomic E-state index is 2.54. The molecule has 0 saturated carbocycles. The quantitative estimate of drug-likeness (QED) is 0.519. The van der Waals surface area contributed by atoms with Gasteiger partial charge in [-0.1, -0.05) is 0 Å². The summed E-state index contributed by atoms with van der Waals surface area (Å²) < 4.78 is 0. The van der Waals surface area contributed by atoms with Crippen molar-refractivity contribution in [2.24, 2.45) is 0 Å². The fourth-order valence-electron chi connectivity index (χ4n) is 0. The largest absolute Gasteiger partial charge is 0.134 e. The first kappa shape index (κ1) is 15.7. The first-order chi connectivity index (χ1) is 1.41. The third-order valence-corrected chi connectivity index (χ3v) is 0. The van der Waals surface area contributed by atoms with Crippen LogP contribution in [-0.2, 0) is 32.7 Å². The van der Waals surface area contributed by atoms with E-state index in [2.05, 4.69) is 18.5 Å². The molecule has 0 fully saturated rings. The number of hydrogen-bond acceptors (Lipinski definition) is 0. The zero-order valence-electron chi connectivity index (χ0n) is 2.94. The second kappa shape index (κ2) is 15.7. The first-order valence-electron chi connectivity index (χ1n) is 0.816. The molecular weight excluding hydrogens is 401 g/mol. The summed E-state index contributed by atoms with van der Waals surface area (Å²) in [7, 11) is 5.08. The Bertz CT molecular complexity index is 9.61. The monoisotopic (exact) mass is 407 g/mol. The zero-order valence-corrected chi connectivity index (χ0v) is 12.3. The van der Waals surface area contributed by atoms with Gasteiger partial charge in [-0.05, 0) is 5.90 Å². The van der Waals surface area contributed by atoms with Crippen LogP contribution in [0.2, 0.25) is 0 Å². The van der Waals surface area contributed by atoms with E-state index in [0.717, 1.165) is 5.90 Å². The summed E-state index contributed by atoms with van der Waals surface area (Å²) in [4.78, 5) is 0. The van der Waals surface area contributed by atoms with Crippen LogP contribution in [-0.4, -0.2) is 5.90 Å². The molecule has 0 aromatic rings. The van der Waals surface area contributed by atoms with Crippen molar-refractivity contribution >= 4 is 18.5 Å². The van der Waals surface area contributed by atoms with Crippen molar-refractivity contribution < 1.29 is 63.8 Å². The molecule has 0 aliphatic heterocycles. The van der Waals surface area contributed by atoms with Crippen LogP contribution in [0.15, 0.2) is 0 Å². The van der Waals surface area contributed by atoms with Gasteiger partial charge in [0, 0.05) is 63.8 Å². The molecular formula is CH6P2UY. The van der Waals surface area contributed by atoms with Crippen LogP contribution in [0.4, 0.5) is 0 Å². The molecule has 27 valence electrons. The Morgan fingerprint density at radius 3 is 1.20 bits per heavy atom. The van der Waals surface area contributed by atoms with Crippen LogP contribution in [0, 0.1) is 31.1 Å². The topological polar surface area (TPSA) is 0 Å². The van der Waals surface area contributed by atoms with Crippen LogP contribution < -0.4 is 0 Å². The molecule has 2 atom stereocenters. The smallest absolute Gasteiger partial charge is 0 e. The van der Waals surface area contributed by atoms with E-state index in [0.29, 0.717) is 0 Å². The van der Waals surface area contributed by atoms with Crippen LogP contribution in [0.3, 0.4) is 0 Å². The molecule has 0 aliphatic rings. The van der Waals surface area contributed by atoms with Crippen molar-refractivity contribution in [1.29, 1.82) is 0 Å².